The standard InChI is InChI=1S/C21H28N4O/c1-16(2)23-20-19(10-7-11-22-20)21(26)25-13-12-24(17(3)14-25)15-18-8-5-4-6-9-18/h4-11,16-17H,12-15H2,1-3H3,(H,22,23)/t17-/m0/s1. The van der Waals surface area contributed by atoms with Crippen LogP contribution in [0.3, 0.4) is 0 Å². The summed E-state index contributed by atoms with van der Waals surface area (Å²) in [5.74, 6) is 0.735. The van der Waals surface area contributed by atoms with Crippen molar-refractivity contribution < 1.29 is 4.79 Å². The maximum atomic E-state index is 13.0. The Morgan fingerprint density at radius 3 is 2.65 bits per heavy atom. The number of anilines is 1. The maximum Gasteiger partial charge on any atom is 0.257 e. The molecule has 1 saturated heterocycles. The minimum atomic E-state index is 0.0625. The van der Waals surface area contributed by atoms with E-state index >= 15 is 0 Å². The SMILES string of the molecule is CC(C)Nc1ncccc1C(=O)N1CCN(Cc2ccccc2)[C@@H](C)C1. The molecule has 1 aromatic carbocycles. The van der Waals surface area contributed by atoms with Crippen LogP contribution in [-0.4, -0.2) is 52.4 Å². The van der Waals surface area contributed by atoms with Crippen LogP contribution in [0.1, 0.15) is 36.7 Å². The predicted octanol–water partition coefficient (Wildman–Crippen LogP) is 3.25. The van der Waals surface area contributed by atoms with E-state index in [1.54, 1.807) is 6.20 Å². The lowest BCUT2D eigenvalue weighted by atomic mass is 10.1. The number of carbonyl (C=O) groups is 1. The number of nitrogens with zero attached hydrogens (tertiary/aromatic N) is 3. The Morgan fingerprint density at radius 2 is 1.96 bits per heavy atom. The molecule has 0 bridgehead atoms. The third-order valence-electron chi connectivity index (χ3n) is 4.74. The molecule has 0 radical (unpaired) electrons. The molecule has 1 aliphatic rings. The van der Waals surface area contributed by atoms with Crippen LogP contribution in [-0.2, 0) is 6.54 Å². The van der Waals surface area contributed by atoms with Gasteiger partial charge in [-0.05, 0) is 38.5 Å². The molecule has 1 aromatic heterocycles. The fourth-order valence-electron chi connectivity index (χ4n) is 3.37. The number of carbonyl (C=O) groups excluding carboxylic acids is 1. The van der Waals surface area contributed by atoms with Crippen LogP contribution in [0.4, 0.5) is 5.82 Å². The molecule has 3 rings (SSSR count). The first kappa shape index (κ1) is 18.4. The molecule has 1 atom stereocenters. The van der Waals surface area contributed by atoms with Gasteiger partial charge in [0.2, 0.25) is 0 Å². The zero-order valence-electron chi connectivity index (χ0n) is 15.9. The quantitative estimate of drug-likeness (QED) is 0.897. The molecule has 0 aliphatic carbocycles. The van der Waals surface area contributed by atoms with Crippen LogP contribution >= 0.6 is 0 Å². The minimum absolute atomic E-state index is 0.0625. The van der Waals surface area contributed by atoms with E-state index in [1.807, 2.05) is 36.9 Å². The smallest absolute Gasteiger partial charge is 0.257 e. The molecule has 2 aromatic rings. The molecule has 5 nitrogen and oxygen atoms in total. The molecule has 0 spiro atoms. The van der Waals surface area contributed by atoms with Crippen molar-refractivity contribution in [1.82, 2.24) is 14.8 Å². The second-order valence-corrected chi connectivity index (χ2v) is 7.25. The van der Waals surface area contributed by atoms with E-state index in [9.17, 15) is 4.79 Å². The van der Waals surface area contributed by atoms with Crippen molar-refractivity contribution in [3.63, 3.8) is 0 Å². The zero-order chi connectivity index (χ0) is 18.5. The summed E-state index contributed by atoms with van der Waals surface area (Å²) >= 11 is 0. The number of rotatable bonds is 5. The van der Waals surface area contributed by atoms with Gasteiger partial charge in [-0.25, -0.2) is 4.98 Å². The molecule has 1 aliphatic heterocycles. The van der Waals surface area contributed by atoms with Gasteiger partial charge in [0, 0.05) is 44.5 Å². The van der Waals surface area contributed by atoms with Crippen LogP contribution in [0.2, 0.25) is 0 Å². The lowest BCUT2D eigenvalue weighted by Crippen LogP contribution is -2.53. The topological polar surface area (TPSA) is 48.5 Å². The van der Waals surface area contributed by atoms with E-state index in [-0.39, 0.29) is 11.9 Å². The molecule has 0 unspecified atom stereocenters. The van der Waals surface area contributed by atoms with E-state index in [4.69, 9.17) is 0 Å². The summed E-state index contributed by atoms with van der Waals surface area (Å²) in [6, 6.07) is 14.8. The van der Waals surface area contributed by atoms with E-state index < -0.39 is 0 Å². The molecule has 1 fully saturated rings. The van der Waals surface area contributed by atoms with Gasteiger partial charge in [0.25, 0.3) is 5.91 Å². The average molecular weight is 352 g/mol. The van der Waals surface area contributed by atoms with E-state index in [0.717, 1.165) is 26.2 Å². The first-order valence-electron chi connectivity index (χ1n) is 9.33. The minimum Gasteiger partial charge on any atom is -0.367 e. The second-order valence-electron chi connectivity index (χ2n) is 7.25. The van der Waals surface area contributed by atoms with Crippen molar-refractivity contribution in [3.8, 4) is 0 Å². The van der Waals surface area contributed by atoms with E-state index in [0.29, 0.717) is 17.4 Å². The third-order valence-corrected chi connectivity index (χ3v) is 4.74. The Morgan fingerprint density at radius 1 is 1.19 bits per heavy atom. The first-order valence-corrected chi connectivity index (χ1v) is 9.33. The molecule has 138 valence electrons. The number of aromatic nitrogens is 1. The Kier molecular flexibility index (Phi) is 5.89. The van der Waals surface area contributed by atoms with Gasteiger partial charge in [-0.15, -0.1) is 0 Å². The Bertz CT molecular complexity index is 732. The summed E-state index contributed by atoms with van der Waals surface area (Å²) < 4.78 is 0. The fraction of sp³-hybridized carbons (Fsp3) is 0.429. The van der Waals surface area contributed by atoms with E-state index in [2.05, 4.69) is 46.4 Å². The highest BCUT2D eigenvalue weighted by Crippen LogP contribution is 2.19. The van der Waals surface area contributed by atoms with Gasteiger partial charge in [0.15, 0.2) is 0 Å². The molecule has 0 saturated carbocycles. The molecule has 2 heterocycles. The van der Waals surface area contributed by atoms with Crippen molar-refractivity contribution in [2.24, 2.45) is 0 Å². The maximum absolute atomic E-state index is 13.0. The van der Waals surface area contributed by atoms with Gasteiger partial charge in [0.05, 0.1) is 5.56 Å². The van der Waals surface area contributed by atoms with Gasteiger partial charge >= 0.3 is 0 Å². The summed E-state index contributed by atoms with van der Waals surface area (Å²) in [7, 11) is 0. The highest BCUT2D eigenvalue weighted by molar-refractivity contribution is 5.98. The molecule has 26 heavy (non-hydrogen) atoms. The highest BCUT2D eigenvalue weighted by Gasteiger charge is 2.28. The highest BCUT2D eigenvalue weighted by atomic mass is 16.2. The van der Waals surface area contributed by atoms with Crippen molar-refractivity contribution in [1.29, 1.82) is 0 Å². The van der Waals surface area contributed by atoms with Crippen molar-refractivity contribution >= 4 is 11.7 Å². The summed E-state index contributed by atoms with van der Waals surface area (Å²) in [5, 5.41) is 3.28. The number of hydrogen-bond acceptors (Lipinski definition) is 4. The largest absolute Gasteiger partial charge is 0.367 e. The number of hydrogen-bond donors (Lipinski definition) is 1. The van der Waals surface area contributed by atoms with Gasteiger partial charge < -0.3 is 10.2 Å². The predicted molar refractivity (Wildman–Crippen MR) is 105 cm³/mol. The summed E-state index contributed by atoms with van der Waals surface area (Å²) in [4.78, 5) is 21.8. The van der Waals surface area contributed by atoms with Crippen molar-refractivity contribution in [2.75, 3.05) is 25.0 Å². The van der Waals surface area contributed by atoms with Gasteiger partial charge in [-0.3, -0.25) is 9.69 Å². The summed E-state index contributed by atoms with van der Waals surface area (Å²) in [6.45, 7) is 9.58. The number of nitrogens with one attached hydrogen (secondary N) is 1. The van der Waals surface area contributed by atoms with Gasteiger partial charge in [-0.2, -0.15) is 0 Å². The normalized spacial score (nSPS) is 18.2. The number of amides is 1. The molecular weight excluding hydrogens is 324 g/mol. The number of benzene rings is 1. The van der Waals surface area contributed by atoms with Gasteiger partial charge in [0.1, 0.15) is 5.82 Å². The van der Waals surface area contributed by atoms with Crippen LogP contribution in [0.25, 0.3) is 0 Å². The van der Waals surface area contributed by atoms with Crippen LogP contribution in [0.5, 0.6) is 0 Å². The van der Waals surface area contributed by atoms with Crippen LogP contribution < -0.4 is 5.32 Å². The van der Waals surface area contributed by atoms with Gasteiger partial charge in [-0.1, -0.05) is 30.3 Å². The monoisotopic (exact) mass is 352 g/mol. The second kappa shape index (κ2) is 8.32. The Balaban J connectivity index is 1.66. The Hall–Kier alpha value is -2.40. The summed E-state index contributed by atoms with van der Waals surface area (Å²) in [5.41, 5.74) is 1.97. The summed E-state index contributed by atoms with van der Waals surface area (Å²) in [6.07, 6.45) is 1.72. The van der Waals surface area contributed by atoms with E-state index in [1.165, 1.54) is 5.56 Å². The lowest BCUT2D eigenvalue weighted by molar-refractivity contribution is 0.0496. The molecular formula is C21H28N4O. The van der Waals surface area contributed by atoms with Crippen LogP contribution in [0.15, 0.2) is 48.7 Å². The third kappa shape index (κ3) is 4.41. The number of piperazine rings is 1. The van der Waals surface area contributed by atoms with Crippen molar-refractivity contribution in [2.45, 2.75) is 39.4 Å². The first-order chi connectivity index (χ1) is 12.5. The van der Waals surface area contributed by atoms with Crippen molar-refractivity contribution in [3.05, 3.63) is 59.8 Å². The lowest BCUT2D eigenvalue weighted by Gasteiger charge is -2.40. The number of pyridine rings is 1. The molecule has 5 heteroatoms. The van der Waals surface area contributed by atoms with Crippen LogP contribution in [0, 0.1) is 0 Å². The fourth-order valence-corrected chi connectivity index (χ4v) is 3.37. The molecule has 1 amide bonds. The zero-order valence-corrected chi connectivity index (χ0v) is 15.9. The molecule has 1 N–H and O–H groups in total. The Labute approximate surface area is 156 Å². The average Bonchev–Trinajstić information content (AvgIpc) is 2.64.